The van der Waals surface area contributed by atoms with Crippen molar-refractivity contribution >= 4 is 28.9 Å². The van der Waals surface area contributed by atoms with Gasteiger partial charge in [-0.25, -0.2) is 9.18 Å². The van der Waals surface area contributed by atoms with Crippen LogP contribution in [0.3, 0.4) is 0 Å². The van der Waals surface area contributed by atoms with Crippen LogP contribution in [0, 0.1) is 12.7 Å². The molecule has 1 aromatic carbocycles. The van der Waals surface area contributed by atoms with Crippen molar-refractivity contribution in [3.05, 3.63) is 51.5 Å². The molecule has 0 atom stereocenters. The highest BCUT2D eigenvalue weighted by Crippen LogP contribution is 2.23. The van der Waals surface area contributed by atoms with Gasteiger partial charge in [0, 0.05) is 5.56 Å². The molecule has 1 amide bonds. The molecule has 0 aliphatic rings. The predicted octanol–water partition coefficient (Wildman–Crippen LogP) is 3.15. The fourth-order valence-electron chi connectivity index (χ4n) is 1.50. The summed E-state index contributed by atoms with van der Waals surface area (Å²) in [5, 5.41) is 12.9. The number of carboxylic acid groups (broad SMARTS) is 1. The fourth-order valence-corrected chi connectivity index (χ4v) is 2.19. The zero-order chi connectivity index (χ0) is 14.0. The Morgan fingerprint density at radius 1 is 1.32 bits per heavy atom. The first-order chi connectivity index (χ1) is 8.99. The molecule has 0 saturated heterocycles. The van der Waals surface area contributed by atoms with E-state index in [2.05, 4.69) is 5.32 Å². The molecule has 1 heterocycles. The number of hydrogen-bond acceptors (Lipinski definition) is 3. The first-order valence-corrected chi connectivity index (χ1v) is 6.25. The SMILES string of the molecule is Cc1ccc(C(=O)Nc2ccsc2C(=O)O)cc1F. The van der Waals surface area contributed by atoms with Gasteiger partial charge in [-0.1, -0.05) is 6.07 Å². The topological polar surface area (TPSA) is 66.4 Å². The third-order valence-electron chi connectivity index (χ3n) is 2.54. The van der Waals surface area contributed by atoms with Crippen molar-refractivity contribution in [1.29, 1.82) is 0 Å². The number of rotatable bonds is 3. The molecule has 0 radical (unpaired) electrons. The van der Waals surface area contributed by atoms with E-state index in [4.69, 9.17) is 5.11 Å². The Kier molecular flexibility index (Phi) is 3.62. The van der Waals surface area contributed by atoms with Gasteiger partial charge in [0.2, 0.25) is 0 Å². The lowest BCUT2D eigenvalue weighted by atomic mass is 10.1. The van der Waals surface area contributed by atoms with Gasteiger partial charge < -0.3 is 10.4 Å². The summed E-state index contributed by atoms with van der Waals surface area (Å²) in [5.41, 5.74) is 0.799. The van der Waals surface area contributed by atoms with Gasteiger partial charge in [-0.2, -0.15) is 0 Å². The van der Waals surface area contributed by atoms with E-state index in [0.29, 0.717) is 5.56 Å². The van der Waals surface area contributed by atoms with Crippen molar-refractivity contribution in [2.24, 2.45) is 0 Å². The zero-order valence-corrected chi connectivity index (χ0v) is 10.8. The Hall–Kier alpha value is -2.21. The van der Waals surface area contributed by atoms with E-state index in [9.17, 15) is 14.0 Å². The number of thiophene rings is 1. The molecule has 0 aliphatic carbocycles. The molecule has 0 fully saturated rings. The lowest BCUT2D eigenvalue weighted by Gasteiger charge is -2.05. The lowest BCUT2D eigenvalue weighted by Crippen LogP contribution is -2.13. The van der Waals surface area contributed by atoms with Crippen LogP contribution in [0.2, 0.25) is 0 Å². The highest BCUT2D eigenvalue weighted by molar-refractivity contribution is 7.12. The van der Waals surface area contributed by atoms with Gasteiger partial charge >= 0.3 is 5.97 Å². The largest absolute Gasteiger partial charge is 0.477 e. The van der Waals surface area contributed by atoms with Gasteiger partial charge in [0.05, 0.1) is 5.69 Å². The van der Waals surface area contributed by atoms with Gasteiger partial charge in [0.15, 0.2) is 0 Å². The number of carbonyl (C=O) groups excluding carboxylic acids is 1. The highest BCUT2D eigenvalue weighted by Gasteiger charge is 2.15. The summed E-state index contributed by atoms with van der Waals surface area (Å²) >= 11 is 1.01. The Bertz CT molecular complexity index is 651. The van der Waals surface area contributed by atoms with Crippen molar-refractivity contribution < 1.29 is 19.1 Å². The third kappa shape index (κ3) is 2.79. The molecule has 0 spiro atoms. The Morgan fingerprint density at radius 3 is 2.68 bits per heavy atom. The molecule has 98 valence electrons. The maximum Gasteiger partial charge on any atom is 0.348 e. The van der Waals surface area contributed by atoms with E-state index in [0.717, 1.165) is 17.4 Å². The molecule has 2 N–H and O–H groups in total. The Labute approximate surface area is 112 Å². The Balaban J connectivity index is 2.23. The number of nitrogens with one attached hydrogen (secondary N) is 1. The Morgan fingerprint density at radius 2 is 2.05 bits per heavy atom. The standard InChI is InChI=1S/C13H10FNO3S/c1-7-2-3-8(6-9(7)14)12(16)15-10-4-5-19-11(10)13(17)18/h2-6H,1H3,(H,15,16)(H,17,18). The van der Waals surface area contributed by atoms with E-state index < -0.39 is 17.7 Å². The van der Waals surface area contributed by atoms with Crippen molar-refractivity contribution in [1.82, 2.24) is 0 Å². The number of anilines is 1. The number of aryl methyl sites for hydroxylation is 1. The van der Waals surface area contributed by atoms with Gasteiger partial charge in [-0.3, -0.25) is 4.79 Å². The molecule has 1 aromatic heterocycles. The van der Waals surface area contributed by atoms with Gasteiger partial charge in [-0.15, -0.1) is 11.3 Å². The smallest absolute Gasteiger partial charge is 0.348 e. The summed E-state index contributed by atoms with van der Waals surface area (Å²) in [4.78, 5) is 22.8. The average Bonchev–Trinajstić information content (AvgIpc) is 2.80. The van der Waals surface area contributed by atoms with Crippen LogP contribution in [0.15, 0.2) is 29.6 Å². The van der Waals surface area contributed by atoms with Crippen LogP contribution in [-0.2, 0) is 0 Å². The molecule has 0 saturated carbocycles. The van der Waals surface area contributed by atoms with Crippen LogP contribution in [0.5, 0.6) is 0 Å². The maximum atomic E-state index is 13.4. The average molecular weight is 279 g/mol. The minimum Gasteiger partial charge on any atom is -0.477 e. The van der Waals surface area contributed by atoms with Crippen molar-refractivity contribution in [2.45, 2.75) is 6.92 Å². The first-order valence-electron chi connectivity index (χ1n) is 5.37. The first kappa shape index (κ1) is 13.2. The summed E-state index contributed by atoms with van der Waals surface area (Å²) in [6.45, 7) is 1.60. The van der Waals surface area contributed by atoms with E-state index >= 15 is 0 Å². The summed E-state index contributed by atoms with van der Waals surface area (Å²) in [6.07, 6.45) is 0. The number of carbonyl (C=O) groups is 2. The lowest BCUT2D eigenvalue weighted by molar-refractivity contribution is 0.0703. The van der Waals surface area contributed by atoms with Crippen LogP contribution in [0.25, 0.3) is 0 Å². The van der Waals surface area contributed by atoms with Crippen molar-refractivity contribution in [2.75, 3.05) is 5.32 Å². The van der Waals surface area contributed by atoms with Crippen LogP contribution >= 0.6 is 11.3 Å². The maximum absolute atomic E-state index is 13.4. The third-order valence-corrected chi connectivity index (χ3v) is 3.44. The van der Waals surface area contributed by atoms with E-state index in [1.807, 2.05) is 0 Å². The molecule has 4 nitrogen and oxygen atoms in total. The second-order valence-electron chi connectivity index (χ2n) is 3.89. The predicted molar refractivity (Wildman–Crippen MR) is 70.4 cm³/mol. The van der Waals surface area contributed by atoms with Crippen molar-refractivity contribution in [3.8, 4) is 0 Å². The van der Waals surface area contributed by atoms with Crippen LogP contribution < -0.4 is 5.32 Å². The molecule has 2 aromatic rings. The normalized spacial score (nSPS) is 10.2. The molecule has 2 rings (SSSR count). The van der Waals surface area contributed by atoms with E-state index in [-0.39, 0.29) is 16.1 Å². The van der Waals surface area contributed by atoms with E-state index in [1.165, 1.54) is 18.2 Å². The second kappa shape index (κ2) is 5.19. The van der Waals surface area contributed by atoms with Crippen molar-refractivity contribution in [3.63, 3.8) is 0 Å². The van der Waals surface area contributed by atoms with E-state index in [1.54, 1.807) is 12.3 Å². The molecule has 0 bridgehead atoms. The minimum absolute atomic E-state index is 0.0425. The highest BCUT2D eigenvalue weighted by atomic mass is 32.1. The summed E-state index contributed by atoms with van der Waals surface area (Å²) in [5.74, 6) is -2.13. The van der Waals surface area contributed by atoms with Crippen LogP contribution in [0.4, 0.5) is 10.1 Å². The molecule has 0 unspecified atom stereocenters. The van der Waals surface area contributed by atoms with Gasteiger partial charge in [-0.05, 0) is 36.1 Å². The van der Waals surface area contributed by atoms with Crippen LogP contribution in [0.1, 0.15) is 25.6 Å². The van der Waals surface area contributed by atoms with Gasteiger partial charge in [0.25, 0.3) is 5.91 Å². The number of amides is 1. The number of aromatic carboxylic acids is 1. The van der Waals surface area contributed by atoms with Crippen LogP contribution in [-0.4, -0.2) is 17.0 Å². The van der Waals surface area contributed by atoms with Gasteiger partial charge in [0.1, 0.15) is 10.7 Å². The number of halogens is 1. The second-order valence-corrected chi connectivity index (χ2v) is 4.80. The summed E-state index contributed by atoms with van der Waals surface area (Å²) in [6, 6.07) is 5.60. The fraction of sp³-hybridized carbons (Fsp3) is 0.0769. The quantitative estimate of drug-likeness (QED) is 0.907. The number of hydrogen-bond donors (Lipinski definition) is 2. The number of benzene rings is 1. The minimum atomic E-state index is -1.11. The number of carboxylic acids is 1. The molecular weight excluding hydrogens is 269 g/mol. The zero-order valence-electron chi connectivity index (χ0n) is 9.94. The summed E-state index contributed by atoms with van der Waals surface area (Å²) in [7, 11) is 0. The molecule has 0 aliphatic heterocycles. The monoisotopic (exact) mass is 279 g/mol. The molecule has 19 heavy (non-hydrogen) atoms. The molecular formula is C13H10FNO3S. The summed E-state index contributed by atoms with van der Waals surface area (Å²) < 4.78 is 13.4. The molecule has 6 heteroatoms.